The molecule has 1 unspecified atom stereocenters. The highest BCUT2D eigenvalue weighted by Crippen LogP contribution is 2.34. The minimum absolute atomic E-state index is 0.105. The van der Waals surface area contributed by atoms with Gasteiger partial charge in [0.15, 0.2) is 11.5 Å². The molecule has 2 aliphatic heterocycles. The van der Waals surface area contributed by atoms with Gasteiger partial charge in [-0.2, -0.15) is 0 Å². The number of esters is 1. The molecule has 226 valence electrons. The maximum absolute atomic E-state index is 14.0. The summed E-state index contributed by atoms with van der Waals surface area (Å²) >= 11 is 0. The summed E-state index contributed by atoms with van der Waals surface area (Å²) in [5.74, 6) is 0.445. The summed E-state index contributed by atoms with van der Waals surface area (Å²) in [6.45, 7) is 2.41. The van der Waals surface area contributed by atoms with Gasteiger partial charge in [0, 0.05) is 17.7 Å². The summed E-state index contributed by atoms with van der Waals surface area (Å²) in [4.78, 5) is 40.5. The Morgan fingerprint density at radius 3 is 2.44 bits per heavy atom. The number of methoxy groups -OCH3 is 1. The number of phenols is 1. The molecule has 0 aromatic heterocycles. The number of benzene rings is 3. The number of fused-ring (bicyclic) bond motifs is 1. The Balaban J connectivity index is 1.42. The summed E-state index contributed by atoms with van der Waals surface area (Å²) in [6, 6.07) is 17.1. The normalized spacial score (nSPS) is 19.7. The highest BCUT2D eigenvalue weighted by molar-refractivity contribution is 5.95. The molecule has 3 atom stereocenters. The van der Waals surface area contributed by atoms with Gasteiger partial charge in [0.1, 0.15) is 18.3 Å². The number of hydrogen-bond donors (Lipinski definition) is 3. The van der Waals surface area contributed by atoms with Crippen molar-refractivity contribution in [2.24, 2.45) is 5.73 Å². The van der Waals surface area contributed by atoms with Crippen molar-refractivity contribution in [2.45, 2.75) is 37.9 Å². The number of urea groups is 1. The number of nitrogens with zero attached hydrogens (tertiary/aromatic N) is 2. The van der Waals surface area contributed by atoms with Gasteiger partial charge < -0.3 is 39.8 Å². The van der Waals surface area contributed by atoms with Crippen molar-refractivity contribution in [3.8, 4) is 17.2 Å². The van der Waals surface area contributed by atoms with Crippen LogP contribution in [0, 0.1) is 0 Å². The molecule has 0 bridgehead atoms. The van der Waals surface area contributed by atoms with Crippen LogP contribution in [0.4, 0.5) is 10.5 Å². The molecule has 2 heterocycles. The maximum Gasteiger partial charge on any atom is 0.337 e. The van der Waals surface area contributed by atoms with E-state index in [1.54, 1.807) is 53.4 Å². The predicted octanol–water partition coefficient (Wildman–Crippen LogP) is 3.65. The van der Waals surface area contributed by atoms with Gasteiger partial charge in [-0.3, -0.25) is 4.79 Å². The minimum atomic E-state index is -0.944. The molecule has 4 N–H and O–H groups in total. The SMILES string of the molecule is COC(=O)c1ccc(NC(=O)N([C@@H]2CCC[N+](C)(Cc3ccc4c(c3)OCO4)C2)[C@@H](Cc2ccc(O)cc2)C(N)=O)cc1. The van der Waals surface area contributed by atoms with Crippen LogP contribution in [0.5, 0.6) is 17.2 Å². The molecule has 1 fully saturated rings. The number of nitrogens with one attached hydrogen (secondary N) is 1. The molecule has 43 heavy (non-hydrogen) atoms. The first-order chi connectivity index (χ1) is 20.6. The fourth-order valence-electron chi connectivity index (χ4n) is 6.00. The lowest BCUT2D eigenvalue weighted by molar-refractivity contribution is -0.928. The second-order valence-corrected chi connectivity index (χ2v) is 11.4. The molecule has 0 spiro atoms. The van der Waals surface area contributed by atoms with E-state index < -0.39 is 23.9 Å². The number of primary amides is 1. The van der Waals surface area contributed by atoms with Gasteiger partial charge in [0.05, 0.1) is 38.9 Å². The molecule has 3 amide bonds. The lowest BCUT2D eigenvalue weighted by Gasteiger charge is -2.46. The van der Waals surface area contributed by atoms with Crippen LogP contribution in [0.3, 0.4) is 0 Å². The number of hydrogen-bond acceptors (Lipinski definition) is 7. The first kappa shape index (κ1) is 29.7. The lowest BCUT2D eigenvalue weighted by atomic mass is 9.96. The zero-order valence-corrected chi connectivity index (χ0v) is 24.3. The number of rotatable bonds is 9. The molecular weight excluding hydrogens is 552 g/mol. The van der Waals surface area contributed by atoms with Gasteiger partial charge in [-0.05, 0) is 73.0 Å². The second kappa shape index (κ2) is 12.6. The number of nitrogens with two attached hydrogens (primary N) is 1. The Labute approximate surface area is 250 Å². The first-order valence-electron chi connectivity index (χ1n) is 14.2. The van der Waals surface area contributed by atoms with Crippen LogP contribution in [-0.4, -0.2) is 78.5 Å². The maximum atomic E-state index is 14.0. The van der Waals surface area contributed by atoms with Gasteiger partial charge >= 0.3 is 12.0 Å². The Bertz CT molecular complexity index is 1480. The topological polar surface area (TPSA) is 140 Å². The fraction of sp³-hybridized carbons (Fsp3) is 0.344. The zero-order chi connectivity index (χ0) is 30.6. The van der Waals surface area contributed by atoms with Gasteiger partial charge in [-0.15, -0.1) is 0 Å². The van der Waals surface area contributed by atoms with E-state index in [0.717, 1.165) is 35.6 Å². The monoisotopic (exact) mass is 589 g/mol. The number of piperidine rings is 1. The zero-order valence-electron chi connectivity index (χ0n) is 24.3. The van der Waals surface area contributed by atoms with Crippen LogP contribution in [0.25, 0.3) is 0 Å². The number of anilines is 1. The number of carbonyl (C=O) groups is 3. The van der Waals surface area contributed by atoms with Crippen molar-refractivity contribution >= 4 is 23.6 Å². The molecular formula is C32H37N4O7+. The Hall–Kier alpha value is -4.77. The van der Waals surface area contributed by atoms with E-state index in [4.69, 9.17) is 19.9 Å². The van der Waals surface area contributed by atoms with Crippen molar-refractivity contribution in [3.05, 3.63) is 83.4 Å². The molecule has 1 saturated heterocycles. The molecule has 3 aromatic carbocycles. The van der Waals surface area contributed by atoms with E-state index in [-0.39, 0.29) is 25.0 Å². The van der Waals surface area contributed by atoms with Crippen molar-refractivity contribution in [2.75, 3.05) is 39.4 Å². The Morgan fingerprint density at radius 1 is 1.05 bits per heavy atom. The number of likely N-dealkylation sites (N-methyl/N-ethyl adjacent to an activating group) is 1. The van der Waals surface area contributed by atoms with E-state index in [1.165, 1.54) is 7.11 Å². The van der Waals surface area contributed by atoms with E-state index in [1.807, 2.05) is 18.2 Å². The number of aromatic hydroxyl groups is 1. The van der Waals surface area contributed by atoms with Crippen LogP contribution in [0.15, 0.2) is 66.7 Å². The average molecular weight is 590 g/mol. The van der Waals surface area contributed by atoms with Crippen LogP contribution in [-0.2, 0) is 22.5 Å². The quantitative estimate of drug-likeness (QED) is 0.256. The van der Waals surface area contributed by atoms with Crippen molar-refractivity contribution in [3.63, 3.8) is 0 Å². The van der Waals surface area contributed by atoms with Crippen molar-refractivity contribution in [1.29, 1.82) is 0 Å². The molecule has 0 radical (unpaired) electrons. The third-order valence-electron chi connectivity index (χ3n) is 8.10. The van der Waals surface area contributed by atoms with Crippen LogP contribution in [0.1, 0.15) is 34.3 Å². The van der Waals surface area contributed by atoms with Crippen LogP contribution in [0.2, 0.25) is 0 Å². The van der Waals surface area contributed by atoms with Crippen molar-refractivity contribution in [1.82, 2.24) is 4.90 Å². The van der Waals surface area contributed by atoms with Gasteiger partial charge in [-0.25, -0.2) is 9.59 Å². The molecule has 5 rings (SSSR count). The summed E-state index contributed by atoms with van der Waals surface area (Å²) in [6.07, 6.45) is 1.73. The molecule has 0 aliphatic carbocycles. The highest BCUT2D eigenvalue weighted by Gasteiger charge is 2.41. The van der Waals surface area contributed by atoms with E-state index in [0.29, 0.717) is 35.2 Å². The summed E-state index contributed by atoms with van der Waals surface area (Å²) in [7, 11) is 3.45. The van der Waals surface area contributed by atoms with E-state index >= 15 is 0 Å². The number of amides is 3. The van der Waals surface area contributed by atoms with E-state index in [9.17, 15) is 19.5 Å². The Morgan fingerprint density at radius 2 is 1.74 bits per heavy atom. The second-order valence-electron chi connectivity index (χ2n) is 11.4. The third kappa shape index (κ3) is 7.00. The smallest absolute Gasteiger partial charge is 0.337 e. The lowest BCUT2D eigenvalue weighted by Crippen LogP contribution is -2.62. The number of ether oxygens (including phenoxy) is 3. The third-order valence-corrected chi connectivity index (χ3v) is 8.10. The van der Waals surface area contributed by atoms with Gasteiger partial charge in [-0.1, -0.05) is 12.1 Å². The highest BCUT2D eigenvalue weighted by atomic mass is 16.7. The summed E-state index contributed by atoms with van der Waals surface area (Å²) in [5.41, 5.74) is 8.63. The minimum Gasteiger partial charge on any atom is -0.508 e. The summed E-state index contributed by atoms with van der Waals surface area (Å²) < 4.78 is 16.4. The average Bonchev–Trinajstić information content (AvgIpc) is 3.45. The van der Waals surface area contributed by atoms with Crippen LogP contribution < -0.4 is 20.5 Å². The summed E-state index contributed by atoms with van der Waals surface area (Å²) in [5, 5.41) is 12.7. The molecule has 3 aromatic rings. The molecule has 2 aliphatic rings. The standard InChI is InChI=1S/C32H36N4O7/c1-36(18-22-7-14-28-29(17-22)43-20-42-28)15-3-4-25(19-36)35(27(30(33)38)16-21-5-12-26(37)13-6-21)32(40)34-24-10-8-23(9-11-24)31(39)41-2/h5-14,17,25,27H,3-4,15-16,18-20H2,1-2H3,(H3-,33,34,37,38,39,40)/p+1/t25-,27+,36?/m1/s1. The van der Waals surface area contributed by atoms with Gasteiger partial charge in [0.2, 0.25) is 12.7 Å². The number of phenolic OH excluding ortho intramolecular Hbond substituents is 1. The number of quaternary nitrogens is 1. The number of likely N-dealkylation sites (tertiary alicyclic amines) is 1. The Kier molecular flexibility index (Phi) is 8.72. The molecule has 11 heteroatoms. The molecule has 0 saturated carbocycles. The first-order valence-corrected chi connectivity index (χ1v) is 14.2. The van der Waals surface area contributed by atoms with Crippen molar-refractivity contribution < 1.29 is 38.2 Å². The largest absolute Gasteiger partial charge is 0.508 e. The van der Waals surface area contributed by atoms with Crippen LogP contribution >= 0.6 is 0 Å². The fourth-order valence-corrected chi connectivity index (χ4v) is 6.00. The molecule has 11 nitrogen and oxygen atoms in total. The number of carbonyl (C=O) groups excluding carboxylic acids is 3. The predicted molar refractivity (Wildman–Crippen MR) is 159 cm³/mol. The van der Waals surface area contributed by atoms with Gasteiger partial charge in [0.25, 0.3) is 0 Å². The van der Waals surface area contributed by atoms with E-state index in [2.05, 4.69) is 12.4 Å².